The molecule has 1 heterocycles. The number of H-pyrrole nitrogens is 1. The minimum Gasteiger partial charge on any atom is -0.329 e. The number of aromatic nitrogens is 2. The molecule has 1 aromatic heterocycles. The molecule has 2 rings (SSSR count). The van der Waals surface area contributed by atoms with Crippen LogP contribution in [-0.2, 0) is 6.54 Å². The molecule has 2 aromatic rings. The number of nitrogens with zero attached hydrogens (tertiary/aromatic N) is 1. The van der Waals surface area contributed by atoms with Crippen molar-refractivity contribution in [2.75, 3.05) is 6.26 Å². The molecule has 0 aliphatic heterocycles. The van der Waals surface area contributed by atoms with Gasteiger partial charge in [-0.25, -0.2) is 0 Å². The van der Waals surface area contributed by atoms with Gasteiger partial charge in [0.2, 0.25) is 0 Å². The number of thioether (sulfide) groups is 1. The first-order valence-electron chi connectivity index (χ1n) is 5.37. The van der Waals surface area contributed by atoms with E-state index in [1.165, 1.54) is 0 Å². The number of nitrogens with one attached hydrogen (secondary N) is 1. The van der Waals surface area contributed by atoms with Gasteiger partial charge in [0.05, 0.1) is 16.1 Å². The van der Waals surface area contributed by atoms with Crippen molar-refractivity contribution < 1.29 is 0 Å². The second-order valence-electron chi connectivity index (χ2n) is 4.61. The van der Waals surface area contributed by atoms with E-state index in [0.717, 1.165) is 22.3 Å². The number of benzene rings is 1. The fourth-order valence-electron chi connectivity index (χ4n) is 1.75. The van der Waals surface area contributed by atoms with Crippen LogP contribution in [0.25, 0.3) is 11.0 Å². The fourth-order valence-corrected chi connectivity index (χ4v) is 2.49. The quantitative estimate of drug-likeness (QED) is 0.839. The number of hydrogen-bond donors (Lipinski definition) is 1. The second-order valence-corrected chi connectivity index (χ2v) is 6.92. The van der Waals surface area contributed by atoms with Crippen molar-refractivity contribution >= 4 is 46.6 Å². The summed E-state index contributed by atoms with van der Waals surface area (Å²) in [4.78, 5) is 3.18. The Balaban J connectivity index is 2.58. The predicted molar refractivity (Wildman–Crippen MR) is 79.7 cm³/mol. The number of fused-ring (bicyclic) bond motifs is 1. The summed E-state index contributed by atoms with van der Waals surface area (Å²) in [5.74, 6) is 0. The van der Waals surface area contributed by atoms with Gasteiger partial charge in [-0.05, 0) is 44.5 Å². The van der Waals surface area contributed by atoms with Crippen molar-refractivity contribution in [2.24, 2.45) is 0 Å². The first-order chi connectivity index (χ1) is 7.94. The zero-order chi connectivity index (χ0) is 12.6. The Hall–Kier alpha value is -0.450. The number of rotatable bonds is 3. The van der Waals surface area contributed by atoms with Crippen molar-refractivity contribution in [3.05, 3.63) is 28.0 Å². The fraction of sp³-hybridized carbons (Fsp3) is 0.417. The van der Waals surface area contributed by atoms with Crippen LogP contribution in [0, 0.1) is 4.77 Å². The molecule has 1 N–H and O–H groups in total. The molecule has 0 radical (unpaired) electrons. The second kappa shape index (κ2) is 4.67. The highest BCUT2D eigenvalue weighted by Crippen LogP contribution is 2.28. The molecule has 17 heavy (non-hydrogen) atoms. The van der Waals surface area contributed by atoms with Crippen LogP contribution in [-0.4, -0.2) is 20.6 Å². The van der Waals surface area contributed by atoms with Gasteiger partial charge in [0.15, 0.2) is 4.77 Å². The van der Waals surface area contributed by atoms with Crippen molar-refractivity contribution in [1.82, 2.24) is 9.55 Å². The first-order valence-corrected chi connectivity index (χ1v) is 7.38. The standard InChI is InChI=1S/C12H15ClN2S2/c1-12(2,17-3)7-15-9-6-4-5-8(13)10(9)14-11(15)16/h4-6H,7H2,1-3H3,(H,14,16). The zero-order valence-electron chi connectivity index (χ0n) is 10.1. The molecular weight excluding hydrogens is 272 g/mol. The third-order valence-corrected chi connectivity index (χ3v) is 4.72. The van der Waals surface area contributed by atoms with Crippen molar-refractivity contribution in [2.45, 2.75) is 25.1 Å². The van der Waals surface area contributed by atoms with E-state index in [1.807, 2.05) is 30.0 Å². The van der Waals surface area contributed by atoms with Gasteiger partial charge in [-0.3, -0.25) is 0 Å². The van der Waals surface area contributed by atoms with E-state index < -0.39 is 0 Å². The number of hydrogen-bond acceptors (Lipinski definition) is 2. The Morgan fingerprint density at radius 2 is 2.18 bits per heavy atom. The molecule has 5 heteroatoms. The Bertz CT molecular complexity index is 598. The van der Waals surface area contributed by atoms with Gasteiger partial charge in [0, 0.05) is 11.3 Å². The molecule has 0 fully saturated rings. The van der Waals surface area contributed by atoms with E-state index >= 15 is 0 Å². The van der Waals surface area contributed by atoms with Crippen LogP contribution in [0.5, 0.6) is 0 Å². The molecule has 2 nitrogen and oxygen atoms in total. The minimum atomic E-state index is 0.148. The summed E-state index contributed by atoms with van der Waals surface area (Å²) in [6.07, 6.45) is 2.12. The van der Waals surface area contributed by atoms with Crippen LogP contribution in [0.2, 0.25) is 5.02 Å². The smallest absolute Gasteiger partial charge is 0.178 e. The molecule has 0 bridgehead atoms. The van der Waals surface area contributed by atoms with Gasteiger partial charge in [0.25, 0.3) is 0 Å². The highest BCUT2D eigenvalue weighted by molar-refractivity contribution is 7.99. The number of imidazole rings is 1. The summed E-state index contributed by atoms with van der Waals surface area (Å²) < 4.78 is 3.00. The average Bonchev–Trinajstić information content (AvgIpc) is 2.58. The number of halogens is 1. The monoisotopic (exact) mass is 286 g/mol. The SMILES string of the molecule is CSC(C)(C)Cn1c(=S)[nH]c2c(Cl)cccc21. The lowest BCUT2D eigenvalue weighted by Crippen LogP contribution is -2.22. The lowest BCUT2D eigenvalue weighted by Gasteiger charge is -2.22. The highest BCUT2D eigenvalue weighted by atomic mass is 35.5. The molecular formula is C12H15ClN2S2. The van der Waals surface area contributed by atoms with Gasteiger partial charge in [-0.15, -0.1) is 0 Å². The Morgan fingerprint density at radius 1 is 1.47 bits per heavy atom. The summed E-state index contributed by atoms with van der Waals surface area (Å²) in [5.41, 5.74) is 2.00. The third-order valence-electron chi connectivity index (χ3n) is 2.85. The Kier molecular flexibility index (Phi) is 3.57. The maximum Gasteiger partial charge on any atom is 0.178 e. The molecule has 1 aromatic carbocycles. The summed E-state index contributed by atoms with van der Waals surface area (Å²) in [6.45, 7) is 5.29. The summed E-state index contributed by atoms with van der Waals surface area (Å²) >= 11 is 13.4. The summed E-state index contributed by atoms with van der Waals surface area (Å²) in [6, 6.07) is 5.87. The van der Waals surface area contributed by atoms with E-state index in [4.69, 9.17) is 23.8 Å². The van der Waals surface area contributed by atoms with Crippen LogP contribution in [0.15, 0.2) is 18.2 Å². The zero-order valence-corrected chi connectivity index (χ0v) is 12.5. The van der Waals surface area contributed by atoms with E-state index in [9.17, 15) is 0 Å². The van der Waals surface area contributed by atoms with Gasteiger partial charge in [0.1, 0.15) is 0 Å². The van der Waals surface area contributed by atoms with Crippen LogP contribution < -0.4 is 0 Å². The molecule has 0 amide bonds. The lowest BCUT2D eigenvalue weighted by atomic mass is 10.2. The van der Waals surface area contributed by atoms with E-state index in [0.29, 0.717) is 5.02 Å². The highest BCUT2D eigenvalue weighted by Gasteiger charge is 2.19. The largest absolute Gasteiger partial charge is 0.329 e. The molecule has 0 aliphatic carbocycles. The first kappa shape index (κ1) is 13.0. The van der Waals surface area contributed by atoms with Crippen molar-refractivity contribution in [1.29, 1.82) is 0 Å². The molecule has 92 valence electrons. The molecule has 0 unspecified atom stereocenters. The van der Waals surface area contributed by atoms with Gasteiger partial charge < -0.3 is 9.55 Å². The van der Waals surface area contributed by atoms with E-state index in [-0.39, 0.29) is 4.75 Å². The van der Waals surface area contributed by atoms with Crippen molar-refractivity contribution in [3.8, 4) is 0 Å². The Labute approximate surface area is 115 Å². The van der Waals surface area contributed by atoms with Crippen LogP contribution in [0.3, 0.4) is 0 Å². The van der Waals surface area contributed by atoms with Gasteiger partial charge in [-0.2, -0.15) is 11.8 Å². The molecule has 0 aliphatic rings. The maximum absolute atomic E-state index is 6.15. The molecule has 0 saturated carbocycles. The third kappa shape index (κ3) is 2.54. The van der Waals surface area contributed by atoms with E-state index in [1.54, 1.807) is 0 Å². The summed E-state index contributed by atoms with van der Waals surface area (Å²) in [5, 5.41) is 0.717. The van der Waals surface area contributed by atoms with Crippen LogP contribution in [0.4, 0.5) is 0 Å². The van der Waals surface area contributed by atoms with Crippen LogP contribution in [0.1, 0.15) is 13.8 Å². The predicted octanol–water partition coefficient (Wildman–Crippen LogP) is 4.49. The maximum atomic E-state index is 6.15. The normalized spacial score (nSPS) is 12.2. The number of aromatic amines is 1. The molecule has 0 spiro atoms. The lowest BCUT2D eigenvalue weighted by molar-refractivity contribution is 0.575. The van der Waals surface area contributed by atoms with Gasteiger partial charge in [-0.1, -0.05) is 17.7 Å². The van der Waals surface area contributed by atoms with Crippen molar-refractivity contribution in [3.63, 3.8) is 0 Å². The van der Waals surface area contributed by atoms with Gasteiger partial charge >= 0.3 is 0 Å². The topological polar surface area (TPSA) is 20.7 Å². The minimum absolute atomic E-state index is 0.148. The van der Waals surface area contributed by atoms with Crippen LogP contribution >= 0.6 is 35.6 Å². The Morgan fingerprint density at radius 3 is 2.82 bits per heavy atom. The molecule has 0 atom stereocenters. The van der Waals surface area contributed by atoms with E-state index in [2.05, 4.69) is 29.7 Å². The average molecular weight is 287 g/mol. The summed E-state index contributed by atoms with van der Waals surface area (Å²) in [7, 11) is 0. The molecule has 0 saturated heterocycles. The number of para-hydroxylation sites is 1.